The van der Waals surface area contributed by atoms with Gasteiger partial charge in [0.2, 0.25) is 0 Å². The zero-order valence-electron chi connectivity index (χ0n) is 9.37. The van der Waals surface area contributed by atoms with Gasteiger partial charge in [-0.05, 0) is 25.7 Å². The second-order valence-electron chi connectivity index (χ2n) is 4.36. The fourth-order valence-electron chi connectivity index (χ4n) is 1.85. The van der Waals surface area contributed by atoms with E-state index in [0.717, 1.165) is 32.3 Å². The average molecular weight is 200 g/mol. The Morgan fingerprint density at radius 2 is 2.00 bits per heavy atom. The Morgan fingerprint density at radius 1 is 1.29 bits per heavy atom. The predicted octanol–water partition coefficient (Wildman–Crippen LogP) is 2.89. The highest BCUT2D eigenvalue weighted by molar-refractivity contribution is 4.66. The van der Waals surface area contributed by atoms with Crippen LogP contribution in [0.1, 0.15) is 58.3 Å². The smallest absolute Gasteiger partial charge is 0.0597 e. The predicted molar refractivity (Wildman–Crippen MR) is 58.4 cm³/mol. The van der Waals surface area contributed by atoms with Crippen LogP contribution >= 0.6 is 0 Å². The normalized spacial score (nSPS) is 23.1. The molecule has 84 valence electrons. The maximum absolute atomic E-state index is 9.59. The molecule has 2 nitrogen and oxygen atoms in total. The Labute approximate surface area is 87.7 Å². The number of ether oxygens (including phenoxy) is 1. The van der Waals surface area contributed by atoms with Crippen LogP contribution in [0.15, 0.2) is 0 Å². The molecule has 0 bridgehead atoms. The first-order chi connectivity index (χ1) is 6.83. The highest BCUT2D eigenvalue weighted by Crippen LogP contribution is 2.18. The zero-order valence-corrected chi connectivity index (χ0v) is 9.37. The van der Waals surface area contributed by atoms with Crippen molar-refractivity contribution >= 4 is 0 Å². The first kappa shape index (κ1) is 12.0. The summed E-state index contributed by atoms with van der Waals surface area (Å²) in [4.78, 5) is 0. The zero-order chi connectivity index (χ0) is 10.2. The molecule has 2 unspecified atom stereocenters. The van der Waals surface area contributed by atoms with Gasteiger partial charge < -0.3 is 9.84 Å². The molecule has 1 aliphatic heterocycles. The molecule has 0 aromatic heterocycles. The lowest BCUT2D eigenvalue weighted by atomic mass is 10.0. The lowest BCUT2D eigenvalue weighted by Crippen LogP contribution is -2.26. The molecule has 1 rings (SSSR count). The van der Waals surface area contributed by atoms with Crippen molar-refractivity contribution in [2.24, 2.45) is 0 Å². The van der Waals surface area contributed by atoms with Crippen LogP contribution in [0.25, 0.3) is 0 Å². The van der Waals surface area contributed by atoms with Gasteiger partial charge in [0.1, 0.15) is 0 Å². The molecule has 0 aromatic rings. The van der Waals surface area contributed by atoms with Crippen LogP contribution in [0.2, 0.25) is 0 Å². The summed E-state index contributed by atoms with van der Waals surface area (Å²) >= 11 is 0. The Balaban J connectivity index is 1.81. The fourth-order valence-corrected chi connectivity index (χ4v) is 1.85. The Hall–Kier alpha value is -0.0800. The highest BCUT2D eigenvalue weighted by atomic mass is 16.5. The summed E-state index contributed by atoms with van der Waals surface area (Å²) in [7, 11) is 0. The minimum Gasteiger partial charge on any atom is -0.393 e. The molecule has 1 saturated heterocycles. The van der Waals surface area contributed by atoms with E-state index in [1.807, 2.05) is 0 Å². The maximum Gasteiger partial charge on any atom is 0.0597 e. The number of hydrogen-bond donors (Lipinski definition) is 1. The topological polar surface area (TPSA) is 29.5 Å². The van der Waals surface area contributed by atoms with E-state index in [2.05, 4.69) is 6.92 Å². The fraction of sp³-hybridized carbons (Fsp3) is 1.00. The van der Waals surface area contributed by atoms with E-state index in [1.54, 1.807) is 0 Å². The lowest BCUT2D eigenvalue weighted by Gasteiger charge is -2.26. The van der Waals surface area contributed by atoms with Crippen LogP contribution in [-0.4, -0.2) is 23.9 Å². The minimum absolute atomic E-state index is 0.0581. The SMILES string of the molecule is CCCCC(O)CCCCC1CCO1. The van der Waals surface area contributed by atoms with Gasteiger partial charge in [-0.3, -0.25) is 0 Å². The summed E-state index contributed by atoms with van der Waals surface area (Å²) in [6.07, 6.45) is 9.61. The van der Waals surface area contributed by atoms with Gasteiger partial charge >= 0.3 is 0 Å². The Bertz CT molecular complexity index is 132. The quantitative estimate of drug-likeness (QED) is 0.610. The van der Waals surface area contributed by atoms with E-state index in [9.17, 15) is 5.11 Å². The summed E-state index contributed by atoms with van der Waals surface area (Å²) in [5.74, 6) is 0. The molecule has 1 N–H and O–H groups in total. The third kappa shape index (κ3) is 4.97. The van der Waals surface area contributed by atoms with E-state index in [1.165, 1.54) is 25.7 Å². The minimum atomic E-state index is -0.0581. The highest BCUT2D eigenvalue weighted by Gasteiger charge is 2.16. The molecule has 0 spiro atoms. The summed E-state index contributed by atoms with van der Waals surface area (Å²) in [5, 5.41) is 9.59. The van der Waals surface area contributed by atoms with Crippen molar-refractivity contribution in [3.63, 3.8) is 0 Å². The van der Waals surface area contributed by atoms with Crippen molar-refractivity contribution in [2.45, 2.75) is 70.5 Å². The number of aliphatic hydroxyl groups is 1. The van der Waals surface area contributed by atoms with Crippen molar-refractivity contribution in [1.82, 2.24) is 0 Å². The molecule has 0 aromatic carbocycles. The summed E-state index contributed by atoms with van der Waals surface area (Å²) < 4.78 is 5.34. The standard InChI is InChI=1S/C12H24O2/c1-2-3-6-11(13)7-4-5-8-12-9-10-14-12/h11-13H,2-10H2,1H3. The van der Waals surface area contributed by atoms with Gasteiger partial charge in [0.25, 0.3) is 0 Å². The molecule has 1 fully saturated rings. The van der Waals surface area contributed by atoms with Crippen molar-refractivity contribution < 1.29 is 9.84 Å². The summed E-state index contributed by atoms with van der Waals surface area (Å²) in [5.41, 5.74) is 0. The van der Waals surface area contributed by atoms with Crippen LogP contribution in [0.4, 0.5) is 0 Å². The van der Waals surface area contributed by atoms with Gasteiger partial charge in [0.05, 0.1) is 12.2 Å². The van der Waals surface area contributed by atoms with Crippen molar-refractivity contribution in [3.8, 4) is 0 Å². The van der Waals surface area contributed by atoms with Crippen molar-refractivity contribution in [3.05, 3.63) is 0 Å². The maximum atomic E-state index is 9.59. The number of aliphatic hydroxyl groups excluding tert-OH is 1. The molecule has 0 saturated carbocycles. The van der Waals surface area contributed by atoms with Crippen LogP contribution in [0.3, 0.4) is 0 Å². The Morgan fingerprint density at radius 3 is 2.57 bits per heavy atom. The van der Waals surface area contributed by atoms with Gasteiger partial charge in [-0.1, -0.05) is 32.6 Å². The van der Waals surface area contributed by atoms with E-state index in [0.29, 0.717) is 6.10 Å². The van der Waals surface area contributed by atoms with Gasteiger partial charge in [0.15, 0.2) is 0 Å². The van der Waals surface area contributed by atoms with Crippen LogP contribution < -0.4 is 0 Å². The Kier molecular flexibility index (Phi) is 6.20. The van der Waals surface area contributed by atoms with Gasteiger partial charge in [-0.25, -0.2) is 0 Å². The van der Waals surface area contributed by atoms with Gasteiger partial charge in [0, 0.05) is 6.61 Å². The molecule has 0 radical (unpaired) electrons. The van der Waals surface area contributed by atoms with Crippen molar-refractivity contribution in [2.75, 3.05) is 6.61 Å². The van der Waals surface area contributed by atoms with Crippen LogP contribution in [-0.2, 0) is 4.74 Å². The largest absolute Gasteiger partial charge is 0.393 e. The first-order valence-electron chi connectivity index (χ1n) is 6.12. The second kappa shape index (κ2) is 7.24. The van der Waals surface area contributed by atoms with Crippen LogP contribution in [0.5, 0.6) is 0 Å². The molecule has 14 heavy (non-hydrogen) atoms. The molecule has 0 aliphatic carbocycles. The van der Waals surface area contributed by atoms with E-state index in [-0.39, 0.29) is 6.10 Å². The molecule has 1 aliphatic rings. The van der Waals surface area contributed by atoms with E-state index < -0.39 is 0 Å². The molecular weight excluding hydrogens is 176 g/mol. The number of unbranched alkanes of at least 4 members (excludes halogenated alkanes) is 2. The third-order valence-corrected chi connectivity index (χ3v) is 3.00. The molecule has 2 heteroatoms. The molecule has 2 atom stereocenters. The molecule has 0 amide bonds. The van der Waals surface area contributed by atoms with Crippen molar-refractivity contribution in [1.29, 1.82) is 0 Å². The van der Waals surface area contributed by atoms with E-state index in [4.69, 9.17) is 4.74 Å². The molecule has 1 heterocycles. The first-order valence-corrected chi connectivity index (χ1v) is 6.12. The monoisotopic (exact) mass is 200 g/mol. The summed E-state index contributed by atoms with van der Waals surface area (Å²) in [6, 6.07) is 0. The number of hydrogen-bond acceptors (Lipinski definition) is 2. The number of rotatable bonds is 8. The molecular formula is C12H24O2. The van der Waals surface area contributed by atoms with Gasteiger partial charge in [-0.15, -0.1) is 0 Å². The summed E-state index contributed by atoms with van der Waals surface area (Å²) in [6.45, 7) is 3.13. The second-order valence-corrected chi connectivity index (χ2v) is 4.36. The van der Waals surface area contributed by atoms with Gasteiger partial charge in [-0.2, -0.15) is 0 Å². The average Bonchev–Trinajstić information content (AvgIpc) is 2.11. The van der Waals surface area contributed by atoms with Crippen LogP contribution in [0, 0.1) is 0 Å². The lowest BCUT2D eigenvalue weighted by molar-refractivity contribution is -0.0558. The van der Waals surface area contributed by atoms with E-state index >= 15 is 0 Å². The third-order valence-electron chi connectivity index (χ3n) is 3.00.